The molecule has 9 nitrogen and oxygen atoms in total. The Morgan fingerprint density at radius 1 is 1.00 bits per heavy atom. The van der Waals surface area contributed by atoms with E-state index in [1.807, 2.05) is 48.5 Å². The number of rotatable bonds is 7. The molecule has 3 rings (SSSR count). The van der Waals surface area contributed by atoms with Crippen molar-refractivity contribution in [3.8, 4) is 11.1 Å². The molecule has 202 valence electrons. The molecule has 2 N–H and O–H groups in total. The summed E-state index contributed by atoms with van der Waals surface area (Å²) in [6.07, 6.45) is -1.73. The zero-order valence-electron chi connectivity index (χ0n) is 22.5. The van der Waals surface area contributed by atoms with Crippen LogP contribution in [0.15, 0.2) is 59.8 Å². The van der Waals surface area contributed by atoms with Crippen molar-refractivity contribution in [2.24, 2.45) is 0 Å². The second-order valence-corrected chi connectivity index (χ2v) is 10.1. The molecular weight excluding hydrogens is 488 g/mol. The van der Waals surface area contributed by atoms with Gasteiger partial charge in [-0.3, -0.25) is 4.79 Å². The maximum atomic E-state index is 13.3. The summed E-state index contributed by atoms with van der Waals surface area (Å²) in [5.41, 5.74) is 3.03. The summed E-state index contributed by atoms with van der Waals surface area (Å²) in [4.78, 5) is 51.5. The molecule has 0 fully saturated rings. The number of ether oxygens (including phenoxy) is 2. The van der Waals surface area contributed by atoms with Crippen LogP contribution in [0.4, 0.5) is 9.59 Å². The third-order valence-electron chi connectivity index (χ3n) is 6.21. The average Bonchev–Trinajstić information content (AvgIpc) is 3.17. The number of carboxylic acid groups (broad SMARTS) is 1. The lowest BCUT2D eigenvalue weighted by Crippen LogP contribution is -2.51. The second kappa shape index (κ2) is 11.5. The van der Waals surface area contributed by atoms with Gasteiger partial charge in [-0.2, -0.15) is 0 Å². The number of hydrogen-bond donors (Lipinski definition) is 2. The SMILES string of the molecule is CC/C(C)=C(\C(=O)O)N(C(=O)OC(C)(C)C)C(=O)[C@H](C)NC(=O)OCC1c2ccccc2-c2ccccc21. The number of fused-ring (bicyclic) bond motifs is 3. The van der Waals surface area contributed by atoms with Crippen molar-refractivity contribution >= 4 is 24.1 Å². The number of imide groups is 1. The lowest BCUT2D eigenvalue weighted by atomic mass is 9.98. The summed E-state index contributed by atoms with van der Waals surface area (Å²) in [5, 5.41) is 12.2. The molecule has 2 aromatic rings. The van der Waals surface area contributed by atoms with Crippen LogP contribution in [0.3, 0.4) is 0 Å². The Morgan fingerprint density at radius 2 is 1.53 bits per heavy atom. The number of aliphatic carboxylic acids is 1. The molecular formula is C29H34N2O7. The van der Waals surface area contributed by atoms with E-state index in [1.165, 1.54) is 13.8 Å². The summed E-state index contributed by atoms with van der Waals surface area (Å²) < 4.78 is 10.8. The van der Waals surface area contributed by atoms with Crippen LogP contribution in [-0.4, -0.2) is 52.3 Å². The fraction of sp³-hybridized carbons (Fsp3) is 0.379. The molecule has 0 saturated heterocycles. The van der Waals surface area contributed by atoms with Crippen LogP contribution in [0.5, 0.6) is 0 Å². The maximum absolute atomic E-state index is 13.3. The first-order valence-corrected chi connectivity index (χ1v) is 12.5. The van der Waals surface area contributed by atoms with Crippen LogP contribution in [0, 0.1) is 0 Å². The lowest BCUT2D eigenvalue weighted by Gasteiger charge is -2.29. The van der Waals surface area contributed by atoms with Crippen molar-refractivity contribution in [3.05, 3.63) is 70.9 Å². The zero-order chi connectivity index (χ0) is 28.2. The minimum Gasteiger partial charge on any atom is -0.477 e. The Kier molecular flexibility index (Phi) is 8.60. The second-order valence-electron chi connectivity index (χ2n) is 10.1. The number of allylic oxidation sites excluding steroid dienone is 1. The van der Waals surface area contributed by atoms with Crippen molar-refractivity contribution in [3.63, 3.8) is 0 Å². The number of carboxylic acids is 1. The predicted molar refractivity (Wildman–Crippen MR) is 141 cm³/mol. The fourth-order valence-electron chi connectivity index (χ4n) is 4.31. The van der Waals surface area contributed by atoms with Gasteiger partial charge < -0.3 is 19.9 Å². The van der Waals surface area contributed by atoms with Gasteiger partial charge in [0.25, 0.3) is 5.91 Å². The van der Waals surface area contributed by atoms with Gasteiger partial charge >= 0.3 is 18.2 Å². The van der Waals surface area contributed by atoms with Crippen LogP contribution >= 0.6 is 0 Å². The highest BCUT2D eigenvalue weighted by Crippen LogP contribution is 2.44. The number of hydrogen-bond acceptors (Lipinski definition) is 6. The molecule has 2 aromatic carbocycles. The van der Waals surface area contributed by atoms with Crippen LogP contribution in [0.2, 0.25) is 0 Å². The van der Waals surface area contributed by atoms with Gasteiger partial charge in [0.2, 0.25) is 0 Å². The number of carbonyl (C=O) groups is 4. The molecule has 3 amide bonds. The Morgan fingerprint density at radius 3 is 2.00 bits per heavy atom. The number of benzene rings is 2. The number of nitrogens with zero attached hydrogens (tertiary/aromatic N) is 1. The molecule has 0 spiro atoms. The van der Waals surface area contributed by atoms with E-state index >= 15 is 0 Å². The van der Waals surface area contributed by atoms with Gasteiger partial charge in [-0.1, -0.05) is 55.5 Å². The van der Waals surface area contributed by atoms with E-state index < -0.39 is 41.4 Å². The number of carbonyl (C=O) groups excluding carboxylic acids is 3. The van der Waals surface area contributed by atoms with E-state index in [9.17, 15) is 24.3 Å². The Hall–Kier alpha value is -4.14. The quantitative estimate of drug-likeness (QED) is 0.464. The monoisotopic (exact) mass is 522 g/mol. The van der Waals surface area contributed by atoms with Gasteiger partial charge in [-0.25, -0.2) is 19.3 Å². The first kappa shape index (κ1) is 28.4. The number of nitrogens with one attached hydrogen (secondary N) is 1. The summed E-state index contributed by atoms with van der Waals surface area (Å²) in [5.74, 6) is -2.60. The van der Waals surface area contributed by atoms with E-state index in [0.717, 1.165) is 22.3 Å². The topological polar surface area (TPSA) is 122 Å². The highest BCUT2D eigenvalue weighted by atomic mass is 16.6. The molecule has 38 heavy (non-hydrogen) atoms. The number of amides is 3. The van der Waals surface area contributed by atoms with Gasteiger partial charge in [0.05, 0.1) is 0 Å². The van der Waals surface area contributed by atoms with Crippen LogP contribution in [0.25, 0.3) is 11.1 Å². The minimum atomic E-state index is -1.46. The molecule has 0 saturated carbocycles. The van der Waals surface area contributed by atoms with Crippen molar-refractivity contribution in [2.45, 2.75) is 65.5 Å². The van der Waals surface area contributed by atoms with E-state index in [1.54, 1.807) is 27.7 Å². The maximum Gasteiger partial charge on any atom is 0.422 e. The third-order valence-corrected chi connectivity index (χ3v) is 6.21. The predicted octanol–water partition coefficient (Wildman–Crippen LogP) is 5.45. The molecule has 0 radical (unpaired) electrons. The largest absolute Gasteiger partial charge is 0.477 e. The molecule has 0 aliphatic heterocycles. The van der Waals surface area contributed by atoms with E-state index in [2.05, 4.69) is 5.32 Å². The molecule has 1 atom stereocenters. The van der Waals surface area contributed by atoms with Crippen LogP contribution in [0.1, 0.15) is 65.0 Å². The van der Waals surface area contributed by atoms with Crippen molar-refractivity contribution in [2.75, 3.05) is 6.61 Å². The normalized spacial score (nSPS) is 13.9. The Balaban J connectivity index is 1.76. The summed E-state index contributed by atoms with van der Waals surface area (Å²) in [6.45, 7) is 9.40. The van der Waals surface area contributed by atoms with Crippen LogP contribution in [-0.2, 0) is 19.1 Å². The minimum absolute atomic E-state index is 0.0335. The smallest absolute Gasteiger partial charge is 0.422 e. The standard InChI is InChI=1S/C29H34N2O7/c1-7-17(2)24(26(33)34)31(28(36)38-29(4,5)6)25(32)18(3)30-27(35)37-16-23-21-14-10-8-12-19(21)20-13-9-11-15-22(20)23/h8-15,18,23H,7,16H2,1-6H3,(H,30,35)(H,33,34)/b24-17+/t18-/m0/s1. The van der Waals surface area contributed by atoms with Crippen molar-refractivity contribution in [1.82, 2.24) is 10.2 Å². The van der Waals surface area contributed by atoms with Crippen molar-refractivity contribution in [1.29, 1.82) is 0 Å². The Labute approximate surface area is 222 Å². The van der Waals surface area contributed by atoms with Gasteiger partial charge in [0.1, 0.15) is 23.9 Å². The van der Waals surface area contributed by atoms with E-state index in [-0.39, 0.29) is 18.9 Å². The van der Waals surface area contributed by atoms with Gasteiger partial charge in [0.15, 0.2) is 0 Å². The third kappa shape index (κ3) is 6.22. The van der Waals surface area contributed by atoms with Gasteiger partial charge in [0, 0.05) is 5.92 Å². The molecule has 1 aliphatic rings. The highest BCUT2D eigenvalue weighted by molar-refractivity contribution is 6.05. The van der Waals surface area contributed by atoms with Crippen LogP contribution < -0.4 is 5.32 Å². The zero-order valence-corrected chi connectivity index (χ0v) is 22.5. The number of alkyl carbamates (subject to hydrolysis) is 1. The first-order chi connectivity index (χ1) is 17.9. The molecule has 9 heteroatoms. The Bertz CT molecular complexity index is 1230. The fourth-order valence-corrected chi connectivity index (χ4v) is 4.31. The molecule has 0 bridgehead atoms. The molecule has 1 aliphatic carbocycles. The van der Waals surface area contributed by atoms with Gasteiger partial charge in [-0.15, -0.1) is 0 Å². The summed E-state index contributed by atoms with van der Waals surface area (Å²) >= 11 is 0. The highest BCUT2D eigenvalue weighted by Gasteiger charge is 2.37. The molecule has 0 aromatic heterocycles. The summed E-state index contributed by atoms with van der Waals surface area (Å²) in [6, 6.07) is 14.5. The average molecular weight is 523 g/mol. The van der Waals surface area contributed by atoms with Gasteiger partial charge in [-0.05, 0) is 68.9 Å². The first-order valence-electron chi connectivity index (χ1n) is 12.5. The molecule has 0 unspecified atom stereocenters. The van der Waals surface area contributed by atoms with E-state index in [4.69, 9.17) is 9.47 Å². The molecule has 0 heterocycles. The lowest BCUT2D eigenvalue weighted by molar-refractivity contribution is -0.140. The summed E-state index contributed by atoms with van der Waals surface area (Å²) in [7, 11) is 0. The van der Waals surface area contributed by atoms with Crippen molar-refractivity contribution < 1.29 is 33.8 Å². The van der Waals surface area contributed by atoms with E-state index in [0.29, 0.717) is 10.5 Å².